The number of hydrogen-bond acceptors (Lipinski definition) is 5. The molecule has 1 unspecified atom stereocenters. The Labute approximate surface area is 154 Å². The predicted molar refractivity (Wildman–Crippen MR) is 97.3 cm³/mol. The lowest BCUT2D eigenvalue weighted by Crippen LogP contribution is -2.32. The first kappa shape index (κ1) is 18.5. The van der Waals surface area contributed by atoms with Crippen molar-refractivity contribution in [3.63, 3.8) is 0 Å². The molecule has 3 rings (SSSR count). The maximum atomic E-state index is 12.1. The molecule has 0 saturated carbocycles. The van der Waals surface area contributed by atoms with Crippen molar-refractivity contribution in [1.82, 2.24) is 25.1 Å². The molecule has 1 N–H and O–H groups in total. The van der Waals surface area contributed by atoms with E-state index in [1.807, 2.05) is 31.8 Å². The molecular weight excluding hydrogens is 330 g/mol. The second-order valence-corrected chi connectivity index (χ2v) is 7.11. The summed E-state index contributed by atoms with van der Waals surface area (Å²) in [5.74, 6) is 0.735. The van der Waals surface area contributed by atoms with Gasteiger partial charge >= 0.3 is 0 Å². The Morgan fingerprint density at radius 2 is 2.08 bits per heavy atom. The first-order chi connectivity index (χ1) is 12.5. The van der Waals surface area contributed by atoms with Gasteiger partial charge in [0.15, 0.2) is 5.82 Å². The quantitative estimate of drug-likeness (QED) is 0.857. The molecule has 1 atom stereocenters. The molecule has 0 spiro atoms. The van der Waals surface area contributed by atoms with E-state index >= 15 is 0 Å². The van der Waals surface area contributed by atoms with E-state index in [4.69, 9.17) is 4.74 Å². The van der Waals surface area contributed by atoms with Crippen molar-refractivity contribution < 1.29 is 9.53 Å². The Balaban J connectivity index is 1.48. The average molecular weight is 357 g/mol. The molecule has 1 amide bonds. The number of aromatic nitrogens is 4. The Kier molecular flexibility index (Phi) is 5.66. The van der Waals surface area contributed by atoms with Gasteiger partial charge in [-0.05, 0) is 45.1 Å². The van der Waals surface area contributed by atoms with Gasteiger partial charge in [0.2, 0.25) is 5.91 Å². The van der Waals surface area contributed by atoms with Gasteiger partial charge < -0.3 is 10.1 Å². The van der Waals surface area contributed by atoms with E-state index in [2.05, 4.69) is 20.4 Å². The number of nitrogens with zero attached hydrogens (tertiary/aromatic N) is 4. The Bertz CT molecular complexity index is 748. The average Bonchev–Trinajstić information content (AvgIpc) is 2.97. The molecule has 7 nitrogen and oxygen atoms in total. The summed E-state index contributed by atoms with van der Waals surface area (Å²) in [7, 11) is 1.90. The standard InChI is InChI=1S/C19H27N5O2/c1-14-16(13-23-24(14)3)6-7-17(25)20-10-15-11-21-18(22-12-15)19(2)8-4-5-9-26-19/h11-13H,4-10H2,1-3H3,(H,20,25). The van der Waals surface area contributed by atoms with Crippen LogP contribution in [0.1, 0.15) is 55.3 Å². The van der Waals surface area contributed by atoms with E-state index in [1.54, 1.807) is 12.4 Å². The molecule has 3 heterocycles. The summed E-state index contributed by atoms with van der Waals surface area (Å²) in [5.41, 5.74) is 2.71. The fourth-order valence-corrected chi connectivity index (χ4v) is 3.16. The highest BCUT2D eigenvalue weighted by molar-refractivity contribution is 5.76. The summed E-state index contributed by atoms with van der Waals surface area (Å²) in [4.78, 5) is 21.0. The van der Waals surface area contributed by atoms with E-state index in [0.29, 0.717) is 19.4 Å². The molecule has 1 aliphatic rings. The maximum Gasteiger partial charge on any atom is 0.220 e. The van der Waals surface area contributed by atoms with Crippen LogP contribution in [0, 0.1) is 6.92 Å². The second-order valence-electron chi connectivity index (χ2n) is 7.11. The largest absolute Gasteiger partial charge is 0.367 e. The van der Waals surface area contributed by atoms with Crippen LogP contribution in [0.2, 0.25) is 0 Å². The van der Waals surface area contributed by atoms with Crippen LogP contribution in [-0.2, 0) is 35.1 Å². The van der Waals surface area contributed by atoms with Gasteiger partial charge in [-0.2, -0.15) is 5.10 Å². The highest BCUT2D eigenvalue weighted by Gasteiger charge is 2.32. The lowest BCUT2D eigenvalue weighted by molar-refractivity contribution is -0.121. The lowest BCUT2D eigenvalue weighted by Gasteiger charge is -2.32. The molecule has 1 fully saturated rings. The fourth-order valence-electron chi connectivity index (χ4n) is 3.16. The normalized spacial score (nSPS) is 20.1. The van der Waals surface area contributed by atoms with Crippen molar-refractivity contribution in [3.05, 3.63) is 41.2 Å². The van der Waals surface area contributed by atoms with E-state index in [1.165, 1.54) is 0 Å². The topological polar surface area (TPSA) is 81.9 Å². The minimum absolute atomic E-state index is 0.0138. The van der Waals surface area contributed by atoms with Crippen molar-refractivity contribution in [1.29, 1.82) is 0 Å². The van der Waals surface area contributed by atoms with Crippen LogP contribution < -0.4 is 5.32 Å². The number of hydrogen-bond donors (Lipinski definition) is 1. The molecule has 1 aliphatic heterocycles. The summed E-state index contributed by atoms with van der Waals surface area (Å²) >= 11 is 0. The fraction of sp³-hybridized carbons (Fsp3) is 0.579. The van der Waals surface area contributed by atoms with E-state index in [0.717, 1.165) is 48.5 Å². The predicted octanol–water partition coefficient (Wildman–Crippen LogP) is 2.18. The minimum atomic E-state index is -0.387. The smallest absolute Gasteiger partial charge is 0.220 e. The van der Waals surface area contributed by atoms with Crippen LogP contribution in [0.3, 0.4) is 0 Å². The third-order valence-electron chi connectivity index (χ3n) is 5.10. The first-order valence-electron chi connectivity index (χ1n) is 9.17. The van der Waals surface area contributed by atoms with Gasteiger partial charge in [0.25, 0.3) is 0 Å². The molecule has 26 heavy (non-hydrogen) atoms. The molecule has 7 heteroatoms. The minimum Gasteiger partial charge on any atom is -0.367 e. The zero-order valence-corrected chi connectivity index (χ0v) is 15.8. The van der Waals surface area contributed by atoms with Gasteiger partial charge in [-0.3, -0.25) is 9.48 Å². The molecule has 0 aromatic carbocycles. The molecule has 2 aromatic rings. The number of ether oxygens (including phenoxy) is 1. The third kappa shape index (κ3) is 4.27. The Hall–Kier alpha value is -2.28. The highest BCUT2D eigenvalue weighted by atomic mass is 16.5. The monoisotopic (exact) mass is 357 g/mol. The molecule has 0 radical (unpaired) electrons. The maximum absolute atomic E-state index is 12.1. The summed E-state index contributed by atoms with van der Waals surface area (Å²) < 4.78 is 7.70. The van der Waals surface area contributed by atoms with Crippen LogP contribution in [0.15, 0.2) is 18.6 Å². The zero-order valence-electron chi connectivity index (χ0n) is 15.8. The van der Waals surface area contributed by atoms with Crippen LogP contribution in [0.25, 0.3) is 0 Å². The molecule has 0 bridgehead atoms. The summed E-state index contributed by atoms with van der Waals surface area (Å²) in [6.45, 7) is 5.25. The zero-order chi connectivity index (χ0) is 18.6. The lowest BCUT2D eigenvalue weighted by atomic mass is 9.95. The van der Waals surface area contributed by atoms with Crippen LogP contribution in [-0.4, -0.2) is 32.3 Å². The van der Waals surface area contributed by atoms with Crippen LogP contribution in [0.4, 0.5) is 0 Å². The van der Waals surface area contributed by atoms with E-state index in [-0.39, 0.29) is 11.5 Å². The number of rotatable bonds is 6. The molecular formula is C19H27N5O2. The van der Waals surface area contributed by atoms with Crippen molar-refractivity contribution >= 4 is 5.91 Å². The van der Waals surface area contributed by atoms with Crippen LogP contribution >= 0.6 is 0 Å². The van der Waals surface area contributed by atoms with Gasteiger partial charge in [-0.15, -0.1) is 0 Å². The van der Waals surface area contributed by atoms with Gasteiger partial charge in [-0.1, -0.05) is 0 Å². The SMILES string of the molecule is Cc1c(CCC(=O)NCc2cnc(C3(C)CCCCO3)nc2)cnn1C. The summed E-state index contributed by atoms with van der Waals surface area (Å²) in [6.07, 6.45) is 9.68. The first-order valence-corrected chi connectivity index (χ1v) is 9.17. The Morgan fingerprint density at radius 3 is 2.69 bits per heavy atom. The van der Waals surface area contributed by atoms with Gasteiger partial charge in [0, 0.05) is 50.3 Å². The summed E-state index contributed by atoms with van der Waals surface area (Å²) in [6, 6.07) is 0. The van der Waals surface area contributed by atoms with Crippen LogP contribution in [0.5, 0.6) is 0 Å². The van der Waals surface area contributed by atoms with E-state index < -0.39 is 0 Å². The number of nitrogens with one attached hydrogen (secondary N) is 1. The van der Waals surface area contributed by atoms with Gasteiger partial charge in [-0.25, -0.2) is 9.97 Å². The molecule has 0 aliphatic carbocycles. The molecule has 140 valence electrons. The van der Waals surface area contributed by atoms with Gasteiger partial charge in [0.1, 0.15) is 5.60 Å². The third-order valence-corrected chi connectivity index (χ3v) is 5.10. The number of carbonyl (C=O) groups is 1. The van der Waals surface area contributed by atoms with Crippen molar-refractivity contribution in [2.75, 3.05) is 6.61 Å². The van der Waals surface area contributed by atoms with Crippen molar-refractivity contribution in [2.24, 2.45) is 7.05 Å². The number of aryl methyl sites for hydroxylation is 2. The molecule has 1 saturated heterocycles. The van der Waals surface area contributed by atoms with Crippen molar-refractivity contribution in [3.8, 4) is 0 Å². The Morgan fingerprint density at radius 1 is 1.31 bits per heavy atom. The van der Waals surface area contributed by atoms with Crippen molar-refractivity contribution in [2.45, 2.75) is 58.1 Å². The second kappa shape index (κ2) is 7.95. The van der Waals surface area contributed by atoms with Gasteiger partial charge in [0.05, 0.1) is 6.20 Å². The summed E-state index contributed by atoms with van der Waals surface area (Å²) in [5, 5.41) is 7.12. The highest BCUT2D eigenvalue weighted by Crippen LogP contribution is 2.32. The van der Waals surface area contributed by atoms with E-state index in [9.17, 15) is 4.79 Å². The number of amides is 1. The number of carbonyl (C=O) groups excluding carboxylic acids is 1. The molecule has 2 aromatic heterocycles.